The van der Waals surface area contributed by atoms with Crippen molar-refractivity contribution in [3.63, 3.8) is 0 Å². The van der Waals surface area contributed by atoms with Crippen molar-refractivity contribution < 1.29 is 9.53 Å². The molecular formula is C15H31N3O2. The third kappa shape index (κ3) is 6.20. The van der Waals surface area contributed by atoms with Gasteiger partial charge in [-0.3, -0.25) is 4.79 Å². The lowest BCUT2D eigenvalue weighted by Gasteiger charge is -2.23. The van der Waals surface area contributed by atoms with Crippen LogP contribution in [0.25, 0.3) is 0 Å². The zero-order valence-electron chi connectivity index (χ0n) is 13.4. The Labute approximate surface area is 123 Å². The lowest BCUT2D eigenvalue weighted by Crippen LogP contribution is -2.45. The number of hydrogen-bond donors (Lipinski definition) is 1. The molecule has 0 aromatic rings. The average Bonchev–Trinajstić information content (AvgIpc) is 2.93. The van der Waals surface area contributed by atoms with Gasteiger partial charge in [0.1, 0.15) is 5.54 Å². The van der Waals surface area contributed by atoms with E-state index in [9.17, 15) is 4.79 Å². The predicted molar refractivity (Wildman–Crippen MR) is 81.6 cm³/mol. The van der Waals surface area contributed by atoms with Crippen LogP contribution in [0.15, 0.2) is 0 Å². The Morgan fingerprint density at radius 3 is 2.55 bits per heavy atom. The van der Waals surface area contributed by atoms with E-state index in [1.165, 1.54) is 39.6 Å². The molecule has 5 heteroatoms. The van der Waals surface area contributed by atoms with E-state index in [4.69, 9.17) is 10.5 Å². The Morgan fingerprint density at radius 2 is 1.95 bits per heavy atom. The molecule has 1 aliphatic rings. The third-order valence-corrected chi connectivity index (χ3v) is 4.13. The highest BCUT2D eigenvalue weighted by Crippen LogP contribution is 2.13. The second-order valence-corrected chi connectivity index (χ2v) is 6.22. The monoisotopic (exact) mass is 285 g/mol. The molecule has 1 unspecified atom stereocenters. The molecule has 1 aliphatic heterocycles. The van der Waals surface area contributed by atoms with Crippen LogP contribution in [0.1, 0.15) is 39.0 Å². The summed E-state index contributed by atoms with van der Waals surface area (Å²) >= 11 is 0. The van der Waals surface area contributed by atoms with E-state index in [0.29, 0.717) is 6.42 Å². The van der Waals surface area contributed by atoms with E-state index in [2.05, 4.69) is 16.8 Å². The lowest BCUT2D eigenvalue weighted by molar-refractivity contribution is -0.146. The maximum absolute atomic E-state index is 11.4. The first kappa shape index (κ1) is 17.4. The third-order valence-electron chi connectivity index (χ3n) is 4.13. The Hall–Kier alpha value is -0.650. The molecule has 5 nitrogen and oxygen atoms in total. The number of likely N-dealkylation sites (tertiary alicyclic amines) is 1. The van der Waals surface area contributed by atoms with Gasteiger partial charge >= 0.3 is 5.97 Å². The van der Waals surface area contributed by atoms with Crippen LogP contribution in [0, 0.1) is 0 Å². The summed E-state index contributed by atoms with van der Waals surface area (Å²) in [6.07, 6.45) is 5.41. The van der Waals surface area contributed by atoms with Crippen molar-refractivity contribution in [1.29, 1.82) is 0 Å². The second-order valence-electron chi connectivity index (χ2n) is 6.22. The number of carbonyl (C=O) groups excluding carboxylic acids is 1. The molecule has 0 bridgehead atoms. The van der Waals surface area contributed by atoms with Crippen LogP contribution >= 0.6 is 0 Å². The molecule has 0 radical (unpaired) electrons. The van der Waals surface area contributed by atoms with Crippen molar-refractivity contribution >= 4 is 5.97 Å². The van der Waals surface area contributed by atoms with Crippen molar-refractivity contribution in [3.8, 4) is 0 Å². The Balaban J connectivity index is 2.06. The van der Waals surface area contributed by atoms with Gasteiger partial charge in [-0.05, 0) is 65.7 Å². The van der Waals surface area contributed by atoms with Crippen molar-refractivity contribution in [2.45, 2.75) is 44.6 Å². The molecule has 0 saturated carbocycles. The number of nitrogens with two attached hydrogens (primary N) is 1. The number of unbranched alkanes of at least 4 members (excludes halogenated alkanes) is 1. The first-order chi connectivity index (χ1) is 9.45. The van der Waals surface area contributed by atoms with Gasteiger partial charge in [0.25, 0.3) is 0 Å². The van der Waals surface area contributed by atoms with E-state index in [-0.39, 0.29) is 5.97 Å². The van der Waals surface area contributed by atoms with Crippen LogP contribution in [-0.4, -0.2) is 68.2 Å². The van der Waals surface area contributed by atoms with Gasteiger partial charge in [0, 0.05) is 13.1 Å². The lowest BCUT2D eigenvalue weighted by atomic mass is 9.96. The van der Waals surface area contributed by atoms with Gasteiger partial charge in [0.05, 0.1) is 7.11 Å². The molecule has 0 aromatic carbocycles. The number of ether oxygens (including phenoxy) is 1. The van der Waals surface area contributed by atoms with Gasteiger partial charge < -0.3 is 20.3 Å². The molecule has 2 N–H and O–H groups in total. The minimum Gasteiger partial charge on any atom is -0.468 e. The molecular weight excluding hydrogens is 254 g/mol. The fraction of sp³-hybridized carbons (Fsp3) is 0.933. The number of hydrogen-bond acceptors (Lipinski definition) is 5. The summed E-state index contributed by atoms with van der Waals surface area (Å²) in [5, 5.41) is 0. The minimum atomic E-state index is -0.844. The van der Waals surface area contributed by atoms with Crippen LogP contribution in [-0.2, 0) is 9.53 Å². The molecule has 0 aromatic heterocycles. The summed E-state index contributed by atoms with van der Waals surface area (Å²) in [4.78, 5) is 16.3. The van der Waals surface area contributed by atoms with E-state index in [1.54, 1.807) is 6.92 Å². The van der Waals surface area contributed by atoms with Gasteiger partial charge in [-0.2, -0.15) is 0 Å². The topological polar surface area (TPSA) is 58.8 Å². The van der Waals surface area contributed by atoms with E-state index in [0.717, 1.165) is 25.9 Å². The summed E-state index contributed by atoms with van der Waals surface area (Å²) in [6, 6.07) is 0. The second kappa shape index (κ2) is 8.60. The quantitative estimate of drug-likeness (QED) is 0.507. The van der Waals surface area contributed by atoms with E-state index >= 15 is 0 Å². The number of nitrogens with zero attached hydrogens (tertiary/aromatic N) is 2. The molecule has 1 heterocycles. The fourth-order valence-corrected chi connectivity index (χ4v) is 2.64. The predicted octanol–water partition coefficient (Wildman–Crippen LogP) is 1.07. The number of methoxy groups -OCH3 is 1. The summed E-state index contributed by atoms with van der Waals surface area (Å²) in [5.41, 5.74) is 5.09. The van der Waals surface area contributed by atoms with E-state index in [1.807, 2.05) is 0 Å². The molecule has 1 fully saturated rings. The number of likely N-dealkylation sites (N-methyl/N-ethyl adjacent to an activating group) is 1. The van der Waals surface area contributed by atoms with Gasteiger partial charge in [-0.15, -0.1) is 0 Å². The maximum atomic E-state index is 11.4. The number of rotatable bonds is 9. The molecule has 118 valence electrons. The SMILES string of the molecule is COC(=O)C(C)(N)CCCCN(C)CCN1CCCC1. The zero-order valence-corrected chi connectivity index (χ0v) is 13.4. The van der Waals surface area contributed by atoms with Crippen molar-refractivity contribution in [2.75, 3.05) is 46.9 Å². The van der Waals surface area contributed by atoms with Gasteiger partial charge in [0.2, 0.25) is 0 Å². The van der Waals surface area contributed by atoms with Crippen molar-refractivity contribution in [3.05, 3.63) is 0 Å². The highest BCUT2D eigenvalue weighted by Gasteiger charge is 2.28. The first-order valence-electron chi connectivity index (χ1n) is 7.74. The summed E-state index contributed by atoms with van der Waals surface area (Å²) < 4.78 is 4.71. The largest absolute Gasteiger partial charge is 0.468 e. The van der Waals surface area contributed by atoms with Crippen LogP contribution in [0.5, 0.6) is 0 Å². The zero-order chi connectivity index (χ0) is 15.0. The molecule has 0 spiro atoms. The highest BCUT2D eigenvalue weighted by atomic mass is 16.5. The molecule has 1 rings (SSSR count). The molecule has 0 aliphatic carbocycles. The van der Waals surface area contributed by atoms with Gasteiger partial charge in [0.15, 0.2) is 0 Å². The van der Waals surface area contributed by atoms with Crippen LogP contribution in [0.3, 0.4) is 0 Å². The normalized spacial score (nSPS) is 19.2. The Kier molecular flexibility index (Phi) is 7.48. The smallest absolute Gasteiger partial charge is 0.325 e. The summed E-state index contributed by atoms with van der Waals surface area (Å²) in [7, 11) is 3.55. The summed E-state index contributed by atoms with van der Waals surface area (Å²) in [5.74, 6) is -0.320. The average molecular weight is 285 g/mol. The maximum Gasteiger partial charge on any atom is 0.325 e. The van der Waals surface area contributed by atoms with E-state index < -0.39 is 5.54 Å². The molecule has 1 saturated heterocycles. The first-order valence-corrected chi connectivity index (χ1v) is 7.74. The minimum absolute atomic E-state index is 0.320. The number of esters is 1. The van der Waals surface area contributed by atoms with Crippen molar-refractivity contribution in [1.82, 2.24) is 9.80 Å². The fourth-order valence-electron chi connectivity index (χ4n) is 2.64. The standard InChI is InChI=1S/C15H31N3O2/c1-15(16,14(19)20-3)8-4-5-9-17(2)12-13-18-10-6-7-11-18/h4-13,16H2,1-3H3. The Bertz CT molecular complexity index is 289. The Morgan fingerprint density at radius 1 is 1.30 bits per heavy atom. The summed E-state index contributed by atoms with van der Waals surface area (Å²) in [6.45, 7) is 7.63. The van der Waals surface area contributed by atoms with Crippen LogP contribution < -0.4 is 5.73 Å². The molecule has 0 amide bonds. The molecule has 1 atom stereocenters. The molecule has 20 heavy (non-hydrogen) atoms. The highest BCUT2D eigenvalue weighted by molar-refractivity contribution is 5.79. The van der Waals surface area contributed by atoms with Crippen LogP contribution in [0.2, 0.25) is 0 Å². The van der Waals surface area contributed by atoms with Gasteiger partial charge in [-0.25, -0.2) is 0 Å². The number of carbonyl (C=O) groups is 1. The van der Waals surface area contributed by atoms with Crippen molar-refractivity contribution in [2.24, 2.45) is 5.73 Å². The van der Waals surface area contributed by atoms with Crippen LogP contribution in [0.4, 0.5) is 0 Å². The van der Waals surface area contributed by atoms with Gasteiger partial charge in [-0.1, -0.05) is 0 Å².